The van der Waals surface area contributed by atoms with Gasteiger partial charge in [-0.3, -0.25) is 9.59 Å². The lowest BCUT2D eigenvalue weighted by Gasteiger charge is -2.11. The standard InChI is InChI=1S/C17H10Cl3N4O5/c18-8-4-10(20)12(5-9(8)19)22-17(27)15(25)6-14-16(26)23-13-3-7(24(28)29)1-2-11(13)21-14/h1-5H,6H2,(H3-,21,22,23,25,26,27,28,29)/q-1. The molecule has 3 rings (SSSR count). The first-order valence-corrected chi connectivity index (χ1v) is 8.97. The van der Waals surface area contributed by atoms with Crippen LogP contribution in [0, 0.1) is 10.4 Å². The van der Waals surface area contributed by atoms with E-state index in [0.29, 0.717) is 0 Å². The summed E-state index contributed by atoms with van der Waals surface area (Å²) >= 11 is 17.6. The molecule has 12 heteroatoms. The van der Waals surface area contributed by atoms with Crippen LogP contribution in [0.15, 0.2) is 30.3 Å². The minimum atomic E-state index is -1.00. The van der Waals surface area contributed by atoms with E-state index in [1.54, 1.807) is 0 Å². The van der Waals surface area contributed by atoms with Gasteiger partial charge in [-0.05, 0) is 18.2 Å². The SMILES string of the molecule is O=C(Cc1nc2ccc(=[N+]([O-])[O-])cc-2[nH]c1O)C(=O)Nc1cc(Cl)c(Cl)cc1Cl. The Morgan fingerprint density at radius 1 is 1.10 bits per heavy atom. The highest BCUT2D eigenvalue weighted by Crippen LogP contribution is 2.32. The Bertz CT molecular complexity index is 1170. The number of aromatic amines is 1. The molecule has 29 heavy (non-hydrogen) atoms. The average Bonchev–Trinajstić information content (AvgIpc) is 2.66. The van der Waals surface area contributed by atoms with E-state index in [1.807, 2.05) is 0 Å². The summed E-state index contributed by atoms with van der Waals surface area (Å²) in [6, 6.07) is 6.38. The number of benzene rings is 2. The molecule has 150 valence electrons. The Kier molecular flexibility index (Phi) is 5.83. The number of hydrogen-bond donors (Lipinski definition) is 3. The highest BCUT2D eigenvalue weighted by Gasteiger charge is 2.21. The van der Waals surface area contributed by atoms with E-state index in [4.69, 9.17) is 34.8 Å². The number of fused-ring (bicyclic) bond motifs is 1. The monoisotopic (exact) mass is 455 g/mol. The van der Waals surface area contributed by atoms with Crippen LogP contribution in [-0.2, 0) is 16.0 Å². The number of carbonyl (C=O) groups is 2. The highest BCUT2D eigenvalue weighted by atomic mass is 35.5. The largest absolute Gasteiger partial charge is 0.612 e. The van der Waals surface area contributed by atoms with E-state index in [0.717, 1.165) is 0 Å². The summed E-state index contributed by atoms with van der Waals surface area (Å²) in [4.78, 5) is 30.4. The van der Waals surface area contributed by atoms with Gasteiger partial charge in [0.05, 0.1) is 38.6 Å². The lowest BCUT2D eigenvalue weighted by molar-refractivity contribution is -0.134. The summed E-state index contributed by atoms with van der Waals surface area (Å²) in [5.74, 6) is -2.41. The van der Waals surface area contributed by atoms with Crippen LogP contribution in [0.25, 0.3) is 11.4 Å². The van der Waals surface area contributed by atoms with Gasteiger partial charge >= 0.3 is 0 Å². The third-order valence-corrected chi connectivity index (χ3v) is 4.85. The second kappa shape index (κ2) is 8.16. The van der Waals surface area contributed by atoms with Gasteiger partial charge in [0.2, 0.25) is 17.0 Å². The van der Waals surface area contributed by atoms with Crippen molar-refractivity contribution in [3.63, 3.8) is 0 Å². The minimum Gasteiger partial charge on any atom is -0.612 e. The van der Waals surface area contributed by atoms with Crippen LogP contribution in [-0.4, -0.2) is 26.8 Å². The van der Waals surface area contributed by atoms with Gasteiger partial charge in [-0.1, -0.05) is 34.8 Å². The van der Waals surface area contributed by atoms with Crippen molar-refractivity contribution in [2.24, 2.45) is 0 Å². The molecule has 0 bridgehead atoms. The normalized spacial score (nSPS) is 10.7. The highest BCUT2D eigenvalue weighted by molar-refractivity contribution is 6.45. The summed E-state index contributed by atoms with van der Waals surface area (Å²) in [5, 5.41) is 34.2. The number of Topliss-reactive ketones (excluding diaryl/α,β-unsaturated/α-hetero) is 1. The Morgan fingerprint density at radius 2 is 1.79 bits per heavy atom. The molecule has 0 spiro atoms. The number of rotatable bonds is 4. The van der Waals surface area contributed by atoms with Gasteiger partial charge in [0.25, 0.3) is 5.91 Å². The molecule has 1 aromatic carbocycles. The fraction of sp³-hybridized carbons (Fsp3) is 0.0588. The molecular weight excluding hydrogens is 447 g/mol. The van der Waals surface area contributed by atoms with Crippen LogP contribution in [0.2, 0.25) is 15.1 Å². The second-order valence-electron chi connectivity index (χ2n) is 5.79. The Labute approximate surface area is 177 Å². The van der Waals surface area contributed by atoms with Gasteiger partial charge < -0.3 is 25.8 Å². The third kappa shape index (κ3) is 4.53. The predicted molar refractivity (Wildman–Crippen MR) is 108 cm³/mol. The zero-order chi connectivity index (χ0) is 21.3. The first-order chi connectivity index (χ1) is 13.7. The molecule has 0 atom stereocenters. The number of nitrogens with one attached hydrogen (secondary N) is 2. The molecule has 3 N–H and O–H groups in total. The van der Waals surface area contributed by atoms with Crippen molar-refractivity contribution in [1.29, 1.82) is 0 Å². The number of hydrogen-bond acceptors (Lipinski definition) is 6. The quantitative estimate of drug-likeness (QED) is 0.313. The van der Waals surface area contributed by atoms with E-state index < -0.39 is 28.9 Å². The number of ketones is 1. The van der Waals surface area contributed by atoms with Crippen molar-refractivity contribution in [2.45, 2.75) is 6.42 Å². The van der Waals surface area contributed by atoms with E-state index in [9.17, 15) is 25.1 Å². The predicted octanol–water partition coefficient (Wildman–Crippen LogP) is 2.70. The van der Waals surface area contributed by atoms with Crippen molar-refractivity contribution in [2.75, 3.05) is 5.32 Å². The third-order valence-electron chi connectivity index (χ3n) is 3.81. The van der Waals surface area contributed by atoms with Crippen molar-refractivity contribution in [3.05, 3.63) is 66.9 Å². The van der Waals surface area contributed by atoms with Gasteiger partial charge in [0, 0.05) is 12.1 Å². The molecule has 0 fully saturated rings. The lowest BCUT2D eigenvalue weighted by Crippen LogP contribution is -2.25. The Balaban J connectivity index is 1.82. The van der Waals surface area contributed by atoms with Crippen molar-refractivity contribution in [1.82, 2.24) is 14.9 Å². The molecule has 1 aliphatic carbocycles. The molecule has 0 saturated carbocycles. The van der Waals surface area contributed by atoms with E-state index in [1.165, 1.54) is 30.3 Å². The van der Waals surface area contributed by atoms with Crippen LogP contribution in [0.5, 0.6) is 5.88 Å². The van der Waals surface area contributed by atoms with Gasteiger partial charge in [0.15, 0.2) is 0 Å². The van der Waals surface area contributed by atoms with E-state index >= 15 is 0 Å². The number of aromatic hydroxyl groups is 1. The molecule has 0 unspecified atom stereocenters. The molecule has 1 aromatic rings. The number of halogens is 3. The second-order valence-corrected chi connectivity index (χ2v) is 7.01. The number of amides is 1. The number of nitrogens with zero attached hydrogens (tertiary/aromatic N) is 2. The molecule has 0 saturated heterocycles. The van der Waals surface area contributed by atoms with Crippen molar-refractivity contribution in [3.8, 4) is 17.3 Å². The maximum absolute atomic E-state index is 12.2. The van der Waals surface area contributed by atoms with Crippen LogP contribution in [0.3, 0.4) is 0 Å². The van der Waals surface area contributed by atoms with E-state index in [-0.39, 0.29) is 43.2 Å². The molecule has 1 heterocycles. The smallest absolute Gasteiger partial charge is 0.292 e. The average molecular weight is 457 g/mol. The fourth-order valence-corrected chi connectivity index (χ4v) is 2.99. The zero-order valence-electron chi connectivity index (χ0n) is 14.2. The zero-order valence-corrected chi connectivity index (χ0v) is 16.5. The summed E-state index contributed by atoms with van der Waals surface area (Å²) in [7, 11) is 0. The Hall–Kier alpha value is -3.01. The first kappa shape index (κ1) is 20.7. The van der Waals surface area contributed by atoms with E-state index in [2.05, 4.69) is 15.3 Å². The van der Waals surface area contributed by atoms with Gasteiger partial charge in [-0.15, -0.1) is 0 Å². The fourth-order valence-electron chi connectivity index (χ4n) is 2.40. The maximum atomic E-state index is 12.2. The Morgan fingerprint density at radius 3 is 2.48 bits per heavy atom. The van der Waals surface area contributed by atoms with Crippen molar-refractivity contribution >= 4 is 52.2 Å². The van der Waals surface area contributed by atoms with Crippen LogP contribution >= 0.6 is 34.8 Å². The lowest BCUT2D eigenvalue weighted by atomic mass is 10.1. The topological polar surface area (TPSA) is 144 Å². The molecule has 1 aliphatic heterocycles. The maximum Gasteiger partial charge on any atom is 0.292 e. The number of aromatic nitrogens is 2. The molecule has 2 aliphatic rings. The van der Waals surface area contributed by atoms with Gasteiger partial charge in [-0.2, -0.15) is 4.90 Å². The molecule has 0 aromatic heterocycles. The number of anilines is 1. The summed E-state index contributed by atoms with van der Waals surface area (Å²) < 4.78 is 0. The molecule has 9 nitrogen and oxygen atoms in total. The molecule has 0 radical (unpaired) electrons. The van der Waals surface area contributed by atoms with Crippen LogP contribution in [0.4, 0.5) is 5.69 Å². The first-order valence-electron chi connectivity index (χ1n) is 7.83. The van der Waals surface area contributed by atoms with Gasteiger partial charge in [-0.25, -0.2) is 4.98 Å². The van der Waals surface area contributed by atoms with Crippen LogP contribution in [0.1, 0.15) is 5.69 Å². The molecular formula is C17H10Cl3N4O5-. The van der Waals surface area contributed by atoms with Gasteiger partial charge in [0.1, 0.15) is 5.69 Å². The summed E-state index contributed by atoms with van der Waals surface area (Å²) in [5.41, 5.74) is 0.449. The number of H-pyrrole nitrogens is 1. The molecule has 1 amide bonds. The summed E-state index contributed by atoms with van der Waals surface area (Å²) in [6.07, 6.45) is -0.528. The summed E-state index contributed by atoms with van der Waals surface area (Å²) in [6.45, 7) is 0. The van der Waals surface area contributed by atoms with Crippen molar-refractivity contribution < 1.29 is 14.7 Å². The number of carbonyl (C=O) groups excluding carboxylic acids is 2. The minimum absolute atomic E-state index is 0.0853. The van der Waals surface area contributed by atoms with Crippen LogP contribution < -0.4 is 15.6 Å².